The summed E-state index contributed by atoms with van der Waals surface area (Å²) >= 11 is 0. The van der Waals surface area contributed by atoms with E-state index in [1.54, 1.807) is 24.3 Å². The third kappa shape index (κ3) is 3.91. The molecule has 0 spiro atoms. The molecule has 0 bridgehead atoms. The zero-order chi connectivity index (χ0) is 21.1. The topological polar surface area (TPSA) is 64.0 Å². The van der Waals surface area contributed by atoms with Gasteiger partial charge < -0.3 is 0 Å². The zero-order valence-corrected chi connectivity index (χ0v) is 16.8. The van der Waals surface area contributed by atoms with Gasteiger partial charge in [-0.15, -0.1) is 0 Å². The van der Waals surface area contributed by atoms with E-state index in [9.17, 15) is 9.59 Å². The van der Waals surface area contributed by atoms with Gasteiger partial charge in [-0.2, -0.15) is 4.68 Å². The van der Waals surface area contributed by atoms with Crippen LogP contribution < -0.4 is 11.0 Å². The quantitative estimate of drug-likeness (QED) is 0.519. The maximum Gasteiger partial charge on any atom is 0.280 e. The molecule has 30 heavy (non-hydrogen) atoms. The minimum Gasteiger partial charge on any atom is -0.268 e. The summed E-state index contributed by atoms with van der Waals surface area (Å²) in [5, 5.41) is 0.442. The predicted octanol–water partition coefficient (Wildman–Crippen LogP) is 4.46. The summed E-state index contributed by atoms with van der Waals surface area (Å²) in [6.07, 6.45) is 3.10. The number of aryl methyl sites for hydroxylation is 2. The van der Waals surface area contributed by atoms with Gasteiger partial charge in [0.25, 0.3) is 11.5 Å². The highest BCUT2D eigenvalue weighted by Gasteiger charge is 2.14. The fourth-order valence-electron chi connectivity index (χ4n) is 3.19. The molecular formula is C25H21N3O2. The molecule has 3 aromatic carbocycles. The van der Waals surface area contributed by atoms with Gasteiger partial charge in [0.2, 0.25) is 0 Å². The highest BCUT2D eigenvalue weighted by molar-refractivity contribution is 5.98. The molecule has 4 rings (SSSR count). The van der Waals surface area contributed by atoms with Crippen LogP contribution in [0.25, 0.3) is 28.4 Å². The van der Waals surface area contributed by atoms with Crippen LogP contribution in [0.3, 0.4) is 0 Å². The fraction of sp³-hybridized carbons (Fsp3) is 0.0800. The predicted molar refractivity (Wildman–Crippen MR) is 121 cm³/mol. The highest BCUT2D eigenvalue weighted by atomic mass is 16.2. The SMILES string of the molecule is Cc1ccc(-c2nc3ccccc3c(=O)n2NC(=O)/C=C/c2ccccc2)cc1C. The molecular weight excluding hydrogens is 374 g/mol. The van der Waals surface area contributed by atoms with Gasteiger partial charge >= 0.3 is 0 Å². The molecule has 4 aromatic rings. The van der Waals surface area contributed by atoms with Gasteiger partial charge in [0.05, 0.1) is 10.9 Å². The molecule has 0 saturated heterocycles. The molecule has 148 valence electrons. The van der Waals surface area contributed by atoms with E-state index in [1.165, 1.54) is 10.8 Å². The van der Waals surface area contributed by atoms with Gasteiger partial charge in [-0.25, -0.2) is 4.98 Å². The van der Waals surface area contributed by atoms with Crippen molar-refractivity contribution in [3.63, 3.8) is 0 Å². The molecule has 1 amide bonds. The van der Waals surface area contributed by atoms with E-state index in [2.05, 4.69) is 10.4 Å². The largest absolute Gasteiger partial charge is 0.280 e. The number of fused-ring (bicyclic) bond motifs is 1. The van der Waals surface area contributed by atoms with Crippen molar-refractivity contribution in [1.82, 2.24) is 9.66 Å². The Morgan fingerprint density at radius 2 is 1.67 bits per heavy atom. The first-order chi connectivity index (χ1) is 14.5. The normalized spacial score (nSPS) is 11.1. The Morgan fingerprint density at radius 1 is 0.933 bits per heavy atom. The van der Waals surface area contributed by atoms with Crippen molar-refractivity contribution in [2.75, 3.05) is 5.43 Å². The Hall–Kier alpha value is -3.99. The molecule has 1 N–H and O–H groups in total. The molecule has 0 atom stereocenters. The lowest BCUT2D eigenvalue weighted by Crippen LogP contribution is -2.34. The molecule has 0 radical (unpaired) electrons. The first-order valence-electron chi connectivity index (χ1n) is 9.66. The molecule has 5 nitrogen and oxygen atoms in total. The van der Waals surface area contributed by atoms with Crippen molar-refractivity contribution >= 4 is 22.9 Å². The smallest absolute Gasteiger partial charge is 0.268 e. The molecule has 0 aliphatic rings. The van der Waals surface area contributed by atoms with Gasteiger partial charge in [-0.1, -0.05) is 54.6 Å². The number of rotatable bonds is 4. The Bertz CT molecular complexity index is 1320. The molecule has 0 aliphatic carbocycles. The van der Waals surface area contributed by atoms with Crippen molar-refractivity contribution in [2.45, 2.75) is 13.8 Å². The van der Waals surface area contributed by atoms with Crippen LogP contribution in [-0.4, -0.2) is 15.6 Å². The molecule has 5 heteroatoms. The highest BCUT2D eigenvalue weighted by Crippen LogP contribution is 2.21. The number of hydrogen-bond acceptors (Lipinski definition) is 3. The number of nitrogens with zero attached hydrogens (tertiary/aromatic N) is 2. The monoisotopic (exact) mass is 395 g/mol. The maximum atomic E-state index is 13.2. The van der Waals surface area contributed by atoms with E-state index in [0.717, 1.165) is 22.3 Å². The third-order valence-electron chi connectivity index (χ3n) is 4.99. The van der Waals surface area contributed by atoms with Gasteiger partial charge in [-0.3, -0.25) is 15.0 Å². The molecule has 1 aromatic heterocycles. The van der Waals surface area contributed by atoms with Crippen molar-refractivity contribution in [2.24, 2.45) is 0 Å². The lowest BCUT2D eigenvalue weighted by Gasteiger charge is -2.14. The second kappa shape index (κ2) is 8.17. The standard InChI is InChI=1S/C25H21N3O2/c1-17-12-14-20(16-18(17)2)24-26-22-11-7-6-10-21(22)25(30)28(24)27-23(29)15-13-19-8-4-3-5-9-19/h3-16H,1-2H3,(H,27,29)/b15-13+. The van der Waals surface area contributed by atoms with Crippen LogP contribution in [0.1, 0.15) is 16.7 Å². The Balaban J connectivity index is 1.80. The fourth-order valence-corrected chi connectivity index (χ4v) is 3.19. The van der Waals surface area contributed by atoms with Crippen LogP contribution in [0.2, 0.25) is 0 Å². The first-order valence-corrected chi connectivity index (χ1v) is 9.66. The van der Waals surface area contributed by atoms with Crippen LogP contribution in [-0.2, 0) is 4.79 Å². The first kappa shape index (κ1) is 19.3. The number of aromatic nitrogens is 2. The van der Waals surface area contributed by atoms with E-state index in [-0.39, 0.29) is 5.56 Å². The molecule has 0 saturated carbocycles. The van der Waals surface area contributed by atoms with Crippen LogP contribution in [0.4, 0.5) is 0 Å². The number of nitrogens with one attached hydrogen (secondary N) is 1. The number of carbonyl (C=O) groups is 1. The van der Waals surface area contributed by atoms with Crippen molar-refractivity contribution < 1.29 is 4.79 Å². The van der Waals surface area contributed by atoms with E-state index >= 15 is 0 Å². The van der Waals surface area contributed by atoms with Crippen LogP contribution in [0.5, 0.6) is 0 Å². The minimum absolute atomic E-state index is 0.324. The number of hydrogen-bond donors (Lipinski definition) is 1. The van der Waals surface area contributed by atoms with E-state index in [1.807, 2.05) is 68.4 Å². The lowest BCUT2D eigenvalue weighted by atomic mass is 10.1. The van der Waals surface area contributed by atoms with Gasteiger partial charge in [0.15, 0.2) is 5.82 Å². The van der Waals surface area contributed by atoms with Crippen LogP contribution >= 0.6 is 0 Å². The van der Waals surface area contributed by atoms with E-state index < -0.39 is 5.91 Å². The van der Waals surface area contributed by atoms with Crippen molar-refractivity contribution in [3.8, 4) is 11.4 Å². The van der Waals surface area contributed by atoms with Gasteiger partial charge in [-0.05, 0) is 54.8 Å². The summed E-state index contributed by atoms with van der Waals surface area (Å²) in [6, 6.07) is 22.5. The van der Waals surface area contributed by atoms with Crippen LogP contribution in [0.15, 0.2) is 83.7 Å². The van der Waals surface area contributed by atoms with Crippen molar-refractivity contribution in [1.29, 1.82) is 0 Å². The van der Waals surface area contributed by atoms with Crippen molar-refractivity contribution in [3.05, 3.63) is 106 Å². The average Bonchev–Trinajstić information content (AvgIpc) is 2.77. The number of carbonyl (C=O) groups excluding carboxylic acids is 1. The summed E-state index contributed by atoms with van der Waals surface area (Å²) in [5.74, 6) is -0.0219. The molecule has 0 unspecified atom stereocenters. The molecule has 0 aliphatic heterocycles. The lowest BCUT2D eigenvalue weighted by molar-refractivity contribution is -0.112. The summed E-state index contributed by atoms with van der Waals surface area (Å²) < 4.78 is 1.23. The van der Waals surface area contributed by atoms with E-state index in [4.69, 9.17) is 0 Å². The van der Waals surface area contributed by atoms with Gasteiger partial charge in [0.1, 0.15) is 0 Å². The Morgan fingerprint density at radius 3 is 2.43 bits per heavy atom. The van der Waals surface area contributed by atoms with Crippen LogP contribution in [0, 0.1) is 13.8 Å². The second-order valence-corrected chi connectivity index (χ2v) is 7.11. The zero-order valence-electron chi connectivity index (χ0n) is 16.8. The summed E-state index contributed by atoms with van der Waals surface area (Å²) in [6.45, 7) is 4.03. The summed E-state index contributed by atoms with van der Waals surface area (Å²) in [7, 11) is 0. The average molecular weight is 395 g/mol. The Kier molecular flexibility index (Phi) is 5.26. The number of amides is 1. The number of benzene rings is 3. The Labute approximate surface area is 174 Å². The summed E-state index contributed by atoms with van der Waals surface area (Å²) in [4.78, 5) is 30.4. The van der Waals surface area contributed by atoms with E-state index in [0.29, 0.717) is 16.7 Å². The van der Waals surface area contributed by atoms with Gasteiger partial charge in [0, 0.05) is 11.6 Å². The summed E-state index contributed by atoms with van der Waals surface area (Å²) in [5.41, 5.74) is 6.82. The minimum atomic E-state index is -0.414. The molecule has 0 fully saturated rings. The number of para-hydroxylation sites is 1. The molecule has 1 heterocycles. The maximum absolute atomic E-state index is 13.2. The second-order valence-electron chi connectivity index (χ2n) is 7.11. The third-order valence-corrected chi connectivity index (χ3v) is 4.99.